The van der Waals surface area contributed by atoms with Gasteiger partial charge in [0.25, 0.3) is 0 Å². The van der Waals surface area contributed by atoms with Crippen LogP contribution >= 0.6 is 27.5 Å². The number of halogens is 2. The first kappa shape index (κ1) is 9.93. The van der Waals surface area contributed by atoms with Gasteiger partial charge in [-0.05, 0) is 22.9 Å². The number of ether oxygens (including phenoxy) is 2. The van der Waals surface area contributed by atoms with Crippen molar-refractivity contribution < 1.29 is 14.6 Å². The van der Waals surface area contributed by atoms with Crippen molar-refractivity contribution >= 4 is 27.5 Å². The maximum absolute atomic E-state index is 9.68. The minimum atomic E-state index is 0.0965. The van der Waals surface area contributed by atoms with E-state index >= 15 is 0 Å². The number of fused-ring (bicyclic) bond motifs is 1. The largest absolute Gasteiger partial charge is 0.506 e. The van der Waals surface area contributed by atoms with Gasteiger partial charge in [0, 0.05) is 5.56 Å². The van der Waals surface area contributed by atoms with Gasteiger partial charge in [-0.1, -0.05) is 11.6 Å². The molecule has 0 radical (unpaired) electrons. The molecule has 5 heteroatoms. The van der Waals surface area contributed by atoms with E-state index in [4.69, 9.17) is 21.1 Å². The number of hydrogen-bond acceptors (Lipinski definition) is 3. The molecule has 0 aromatic heterocycles. The van der Waals surface area contributed by atoms with Crippen LogP contribution < -0.4 is 9.47 Å². The average molecular weight is 280 g/mol. The summed E-state index contributed by atoms with van der Waals surface area (Å²) in [6.45, 7) is 2.71. The van der Waals surface area contributed by atoms with Gasteiger partial charge in [0.2, 0.25) is 0 Å². The lowest BCUT2D eigenvalue weighted by molar-refractivity contribution is 0.169. The second kappa shape index (κ2) is 3.51. The van der Waals surface area contributed by atoms with Crippen molar-refractivity contribution in [2.45, 2.75) is 6.92 Å². The van der Waals surface area contributed by atoms with Crippen molar-refractivity contribution in [1.29, 1.82) is 0 Å². The molecule has 76 valence electrons. The van der Waals surface area contributed by atoms with E-state index in [9.17, 15) is 5.11 Å². The van der Waals surface area contributed by atoms with Crippen molar-refractivity contribution in [2.75, 3.05) is 13.2 Å². The maximum atomic E-state index is 9.68. The quantitative estimate of drug-likeness (QED) is 0.793. The van der Waals surface area contributed by atoms with Crippen molar-refractivity contribution in [3.8, 4) is 17.2 Å². The average Bonchev–Trinajstić information content (AvgIpc) is 2.23. The summed E-state index contributed by atoms with van der Waals surface area (Å²) < 4.78 is 11.2. The lowest BCUT2D eigenvalue weighted by Gasteiger charge is -2.22. The highest BCUT2D eigenvalue weighted by atomic mass is 79.9. The van der Waals surface area contributed by atoms with Gasteiger partial charge in [0.1, 0.15) is 24.0 Å². The fourth-order valence-corrected chi connectivity index (χ4v) is 2.04. The maximum Gasteiger partial charge on any atom is 0.181 e. The summed E-state index contributed by atoms with van der Waals surface area (Å²) in [6.07, 6.45) is 0. The van der Waals surface area contributed by atoms with E-state index in [1.807, 2.05) is 0 Å². The van der Waals surface area contributed by atoms with Crippen molar-refractivity contribution in [2.24, 2.45) is 0 Å². The number of phenolic OH excluding ortho intramolecular Hbond substituents is 1. The predicted molar refractivity (Wildman–Crippen MR) is 56.5 cm³/mol. The minimum absolute atomic E-state index is 0.0965. The van der Waals surface area contributed by atoms with E-state index in [0.717, 1.165) is 0 Å². The Morgan fingerprint density at radius 1 is 1.29 bits per heavy atom. The molecule has 0 unspecified atom stereocenters. The normalized spacial score (nSPS) is 14.2. The van der Waals surface area contributed by atoms with E-state index < -0.39 is 0 Å². The first-order valence-electron chi connectivity index (χ1n) is 4.09. The number of rotatable bonds is 0. The van der Waals surface area contributed by atoms with Gasteiger partial charge in [-0.15, -0.1) is 0 Å². The molecule has 0 spiro atoms. The molecule has 2 rings (SSSR count). The molecular formula is C9H8BrClO3. The molecule has 1 aromatic rings. The number of phenols is 1. The van der Waals surface area contributed by atoms with Crippen LogP contribution in [0.4, 0.5) is 0 Å². The Morgan fingerprint density at radius 3 is 2.50 bits per heavy atom. The monoisotopic (exact) mass is 278 g/mol. The van der Waals surface area contributed by atoms with Crippen LogP contribution in [0.5, 0.6) is 17.2 Å². The second-order valence-corrected chi connectivity index (χ2v) is 4.13. The van der Waals surface area contributed by atoms with E-state index in [2.05, 4.69) is 15.9 Å². The fourth-order valence-electron chi connectivity index (χ4n) is 1.34. The van der Waals surface area contributed by atoms with E-state index in [0.29, 0.717) is 39.8 Å². The summed E-state index contributed by atoms with van der Waals surface area (Å²) in [4.78, 5) is 0. The molecule has 0 saturated carbocycles. The third-order valence-electron chi connectivity index (χ3n) is 2.08. The summed E-state index contributed by atoms with van der Waals surface area (Å²) >= 11 is 9.17. The molecule has 1 N–H and O–H groups in total. The Morgan fingerprint density at radius 2 is 1.86 bits per heavy atom. The van der Waals surface area contributed by atoms with Crippen LogP contribution in [-0.2, 0) is 0 Å². The Balaban J connectivity index is 2.71. The smallest absolute Gasteiger partial charge is 0.181 e. The van der Waals surface area contributed by atoms with Gasteiger partial charge in [-0.2, -0.15) is 0 Å². The van der Waals surface area contributed by atoms with Crippen LogP contribution in [-0.4, -0.2) is 18.3 Å². The van der Waals surface area contributed by atoms with Crippen molar-refractivity contribution in [3.05, 3.63) is 15.1 Å². The van der Waals surface area contributed by atoms with Gasteiger partial charge in [-0.25, -0.2) is 0 Å². The SMILES string of the molecule is Cc1c(O)c(Br)c(Cl)c2c1OCCO2. The molecule has 0 fully saturated rings. The molecule has 1 heterocycles. The summed E-state index contributed by atoms with van der Waals surface area (Å²) in [5.74, 6) is 1.13. The van der Waals surface area contributed by atoms with Gasteiger partial charge in [0.15, 0.2) is 11.5 Å². The Bertz CT molecular complexity index is 355. The number of hydrogen-bond donors (Lipinski definition) is 1. The first-order valence-corrected chi connectivity index (χ1v) is 5.26. The standard InChI is InChI=1S/C9H8BrClO3/c1-4-7(12)5(10)6(11)9-8(4)13-2-3-14-9/h12H,2-3H2,1H3. The highest BCUT2D eigenvalue weighted by Gasteiger charge is 2.24. The van der Waals surface area contributed by atoms with E-state index in [-0.39, 0.29) is 5.75 Å². The van der Waals surface area contributed by atoms with Crippen LogP contribution in [0.15, 0.2) is 4.47 Å². The van der Waals surface area contributed by atoms with Crippen molar-refractivity contribution in [1.82, 2.24) is 0 Å². The molecule has 0 amide bonds. The Hall–Kier alpha value is -0.610. The highest BCUT2D eigenvalue weighted by molar-refractivity contribution is 9.10. The van der Waals surface area contributed by atoms with Crippen LogP contribution in [0.25, 0.3) is 0 Å². The third-order valence-corrected chi connectivity index (χ3v) is 3.44. The zero-order valence-corrected chi connectivity index (χ0v) is 9.78. The Labute approximate surface area is 94.7 Å². The molecule has 14 heavy (non-hydrogen) atoms. The number of aromatic hydroxyl groups is 1. The van der Waals surface area contributed by atoms with Crippen LogP contribution in [0, 0.1) is 6.92 Å². The van der Waals surface area contributed by atoms with Gasteiger partial charge in [0.05, 0.1) is 4.47 Å². The second-order valence-electron chi connectivity index (χ2n) is 2.96. The zero-order valence-electron chi connectivity index (χ0n) is 7.43. The molecule has 0 aliphatic carbocycles. The molecular weight excluding hydrogens is 271 g/mol. The van der Waals surface area contributed by atoms with Gasteiger partial charge in [-0.3, -0.25) is 0 Å². The van der Waals surface area contributed by atoms with Crippen LogP contribution in [0.2, 0.25) is 5.02 Å². The fraction of sp³-hybridized carbons (Fsp3) is 0.333. The molecule has 1 aromatic carbocycles. The van der Waals surface area contributed by atoms with Gasteiger partial charge < -0.3 is 14.6 Å². The van der Waals surface area contributed by atoms with Crippen molar-refractivity contribution in [3.63, 3.8) is 0 Å². The van der Waals surface area contributed by atoms with Gasteiger partial charge >= 0.3 is 0 Å². The minimum Gasteiger partial charge on any atom is -0.506 e. The lowest BCUT2D eigenvalue weighted by Crippen LogP contribution is -2.16. The zero-order chi connectivity index (χ0) is 10.3. The summed E-state index contributed by atoms with van der Waals surface area (Å²) in [5, 5.41) is 10.0. The van der Waals surface area contributed by atoms with Crippen LogP contribution in [0.3, 0.4) is 0 Å². The molecule has 0 saturated heterocycles. The summed E-state index contributed by atoms with van der Waals surface area (Å²) in [6, 6.07) is 0. The molecule has 1 aliphatic heterocycles. The predicted octanol–water partition coefficient (Wildman–Crippen LogP) is 2.89. The highest BCUT2D eigenvalue weighted by Crippen LogP contribution is 2.49. The van der Waals surface area contributed by atoms with E-state index in [1.165, 1.54) is 0 Å². The van der Waals surface area contributed by atoms with Crippen LogP contribution in [0.1, 0.15) is 5.56 Å². The topological polar surface area (TPSA) is 38.7 Å². The Kier molecular flexibility index (Phi) is 2.49. The third kappa shape index (κ3) is 1.33. The summed E-state index contributed by atoms with van der Waals surface area (Å²) in [7, 11) is 0. The molecule has 0 bridgehead atoms. The molecule has 1 aliphatic rings. The first-order chi connectivity index (χ1) is 6.63. The summed E-state index contributed by atoms with van der Waals surface area (Å²) in [5.41, 5.74) is 0.635. The van der Waals surface area contributed by atoms with E-state index in [1.54, 1.807) is 6.92 Å². The number of benzene rings is 1. The molecule has 3 nitrogen and oxygen atoms in total. The molecule has 0 atom stereocenters. The lowest BCUT2D eigenvalue weighted by atomic mass is 10.2.